The molecular formula is C7H12N2. The molecule has 2 nitrogen and oxygen atoms in total. The Morgan fingerprint density at radius 1 is 1.56 bits per heavy atom. The number of hydrogen-bond acceptors (Lipinski definition) is 2. The molecule has 0 fully saturated rings. The third-order valence-electron chi connectivity index (χ3n) is 1.52. The summed E-state index contributed by atoms with van der Waals surface area (Å²) >= 11 is 0. The Kier molecular flexibility index (Phi) is 1.56. The van der Waals surface area contributed by atoms with E-state index in [0.29, 0.717) is 6.04 Å². The van der Waals surface area contributed by atoms with Gasteiger partial charge in [-0.2, -0.15) is 0 Å². The predicted molar refractivity (Wildman–Crippen MR) is 39.5 cm³/mol. The lowest BCUT2D eigenvalue weighted by molar-refractivity contribution is 0.775. The Labute approximate surface area is 55.7 Å². The fraction of sp³-hybridized carbons (Fsp3) is 0.571. The van der Waals surface area contributed by atoms with Gasteiger partial charge in [-0.05, 0) is 20.8 Å². The van der Waals surface area contributed by atoms with Crippen LogP contribution in [0, 0.1) is 0 Å². The summed E-state index contributed by atoms with van der Waals surface area (Å²) in [5.41, 5.74) is 2.22. The molecule has 0 aliphatic carbocycles. The van der Waals surface area contributed by atoms with Crippen molar-refractivity contribution in [3.05, 3.63) is 11.9 Å². The number of nitrogens with one attached hydrogen (secondary N) is 1. The average Bonchev–Trinajstić information content (AvgIpc) is 1.80. The van der Waals surface area contributed by atoms with E-state index in [1.54, 1.807) is 0 Å². The number of hydrogen-bond donors (Lipinski definition) is 1. The third-order valence-corrected chi connectivity index (χ3v) is 1.52. The fourth-order valence-corrected chi connectivity index (χ4v) is 0.773. The van der Waals surface area contributed by atoms with E-state index in [1.165, 1.54) is 0 Å². The first-order valence-electron chi connectivity index (χ1n) is 3.18. The summed E-state index contributed by atoms with van der Waals surface area (Å²) in [7, 11) is 0. The summed E-state index contributed by atoms with van der Waals surface area (Å²) in [6.07, 6.45) is 1.94. The van der Waals surface area contributed by atoms with Crippen LogP contribution in [0.1, 0.15) is 20.8 Å². The minimum atomic E-state index is 0.411. The Balaban J connectivity index is 2.74. The van der Waals surface area contributed by atoms with Gasteiger partial charge in [0.2, 0.25) is 0 Å². The molecule has 1 aliphatic heterocycles. The van der Waals surface area contributed by atoms with Gasteiger partial charge < -0.3 is 5.32 Å². The second kappa shape index (κ2) is 2.21. The Hall–Kier alpha value is -0.790. The molecule has 0 bridgehead atoms. The van der Waals surface area contributed by atoms with Crippen molar-refractivity contribution in [3.63, 3.8) is 0 Å². The molecule has 0 aromatic heterocycles. The van der Waals surface area contributed by atoms with Crippen LogP contribution in [0.2, 0.25) is 0 Å². The van der Waals surface area contributed by atoms with Gasteiger partial charge in [0.25, 0.3) is 0 Å². The molecule has 0 saturated carbocycles. The minimum Gasteiger partial charge on any atom is -0.382 e. The maximum atomic E-state index is 4.28. The molecule has 1 heterocycles. The van der Waals surface area contributed by atoms with Crippen molar-refractivity contribution in [1.82, 2.24) is 5.32 Å². The molecule has 50 valence electrons. The molecule has 0 amide bonds. The summed E-state index contributed by atoms with van der Waals surface area (Å²) in [5.74, 6) is 0. The highest BCUT2D eigenvalue weighted by Crippen LogP contribution is 2.02. The molecule has 0 saturated heterocycles. The molecule has 0 aromatic carbocycles. The highest BCUT2D eigenvalue weighted by Gasteiger charge is 2.06. The molecule has 0 aromatic rings. The maximum Gasteiger partial charge on any atom is 0.0610 e. The second-order valence-corrected chi connectivity index (χ2v) is 2.43. The second-order valence-electron chi connectivity index (χ2n) is 2.43. The van der Waals surface area contributed by atoms with Crippen LogP contribution in [0.3, 0.4) is 0 Å². The van der Waals surface area contributed by atoms with Crippen LogP contribution < -0.4 is 5.32 Å². The Bertz CT molecular complexity index is 168. The zero-order chi connectivity index (χ0) is 6.85. The molecular weight excluding hydrogens is 112 g/mol. The first-order chi connectivity index (χ1) is 4.20. The molecule has 2 heteroatoms. The van der Waals surface area contributed by atoms with Crippen molar-refractivity contribution in [2.24, 2.45) is 4.99 Å². The normalized spacial score (nSPS) is 26.3. The molecule has 1 unspecified atom stereocenters. The lowest BCUT2D eigenvalue weighted by Gasteiger charge is -2.16. The minimum absolute atomic E-state index is 0.411. The molecule has 9 heavy (non-hydrogen) atoms. The summed E-state index contributed by atoms with van der Waals surface area (Å²) in [6.45, 7) is 6.12. The van der Waals surface area contributed by atoms with Gasteiger partial charge in [-0.25, -0.2) is 0 Å². The lowest BCUT2D eigenvalue weighted by Crippen LogP contribution is -2.30. The van der Waals surface area contributed by atoms with Crippen LogP contribution in [0.5, 0.6) is 0 Å². The smallest absolute Gasteiger partial charge is 0.0610 e. The maximum absolute atomic E-state index is 4.28. The molecule has 1 aliphatic rings. The quantitative estimate of drug-likeness (QED) is 0.517. The van der Waals surface area contributed by atoms with E-state index in [0.717, 1.165) is 11.4 Å². The average molecular weight is 124 g/mol. The van der Waals surface area contributed by atoms with Gasteiger partial charge >= 0.3 is 0 Å². The Morgan fingerprint density at radius 2 is 2.22 bits per heavy atom. The number of allylic oxidation sites excluding steroid dienone is 1. The highest BCUT2D eigenvalue weighted by atomic mass is 15.0. The van der Waals surface area contributed by atoms with Gasteiger partial charge in [0.05, 0.1) is 11.7 Å². The summed E-state index contributed by atoms with van der Waals surface area (Å²) in [5, 5.41) is 3.19. The van der Waals surface area contributed by atoms with Gasteiger partial charge in [0.15, 0.2) is 0 Å². The largest absolute Gasteiger partial charge is 0.382 e. The zero-order valence-corrected chi connectivity index (χ0v) is 6.10. The molecule has 1 atom stereocenters. The van der Waals surface area contributed by atoms with Crippen LogP contribution in [0.15, 0.2) is 16.9 Å². The monoisotopic (exact) mass is 124 g/mol. The van der Waals surface area contributed by atoms with Gasteiger partial charge in [-0.1, -0.05) is 0 Å². The highest BCUT2D eigenvalue weighted by molar-refractivity contribution is 5.88. The van der Waals surface area contributed by atoms with Gasteiger partial charge in [0, 0.05) is 11.9 Å². The van der Waals surface area contributed by atoms with Crippen LogP contribution in [0.4, 0.5) is 0 Å². The lowest BCUT2D eigenvalue weighted by atomic mass is 10.2. The fourth-order valence-electron chi connectivity index (χ4n) is 0.773. The third kappa shape index (κ3) is 1.31. The van der Waals surface area contributed by atoms with Crippen molar-refractivity contribution in [2.45, 2.75) is 26.8 Å². The van der Waals surface area contributed by atoms with E-state index >= 15 is 0 Å². The number of nitrogens with zero attached hydrogens (tertiary/aromatic N) is 1. The van der Waals surface area contributed by atoms with Gasteiger partial charge in [-0.3, -0.25) is 4.99 Å². The van der Waals surface area contributed by atoms with E-state index in [2.05, 4.69) is 17.2 Å². The van der Waals surface area contributed by atoms with E-state index in [1.807, 2.05) is 20.0 Å². The summed E-state index contributed by atoms with van der Waals surface area (Å²) < 4.78 is 0. The zero-order valence-electron chi connectivity index (χ0n) is 6.10. The van der Waals surface area contributed by atoms with Crippen molar-refractivity contribution < 1.29 is 0 Å². The van der Waals surface area contributed by atoms with E-state index in [9.17, 15) is 0 Å². The summed E-state index contributed by atoms with van der Waals surface area (Å²) in [4.78, 5) is 4.28. The predicted octanol–water partition coefficient (Wildman–Crippen LogP) is 1.30. The van der Waals surface area contributed by atoms with Crippen LogP contribution in [0.25, 0.3) is 0 Å². The standard InChI is InChI=1S/C7H12N2/c1-5-4-8-6(2)7(3)9-5/h4,6,8H,1-3H3. The molecule has 1 N–H and O–H groups in total. The van der Waals surface area contributed by atoms with E-state index in [-0.39, 0.29) is 0 Å². The van der Waals surface area contributed by atoms with Crippen LogP contribution in [-0.4, -0.2) is 11.8 Å². The molecule has 0 spiro atoms. The van der Waals surface area contributed by atoms with Gasteiger partial charge in [0.1, 0.15) is 0 Å². The first kappa shape index (κ1) is 6.33. The van der Waals surface area contributed by atoms with Crippen LogP contribution >= 0.6 is 0 Å². The summed E-state index contributed by atoms with van der Waals surface area (Å²) in [6, 6.07) is 0.411. The van der Waals surface area contributed by atoms with E-state index < -0.39 is 0 Å². The van der Waals surface area contributed by atoms with Crippen LogP contribution in [-0.2, 0) is 0 Å². The topological polar surface area (TPSA) is 24.4 Å². The molecule has 0 radical (unpaired) electrons. The van der Waals surface area contributed by atoms with Crippen molar-refractivity contribution in [2.75, 3.05) is 0 Å². The number of rotatable bonds is 0. The van der Waals surface area contributed by atoms with Crippen molar-refractivity contribution in [3.8, 4) is 0 Å². The SMILES string of the molecule is CC1=CNC(C)C(C)=N1. The van der Waals surface area contributed by atoms with Gasteiger partial charge in [-0.15, -0.1) is 0 Å². The van der Waals surface area contributed by atoms with Crippen molar-refractivity contribution >= 4 is 5.71 Å². The molecule has 1 rings (SSSR count). The first-order valence-corrected chi connectivity index (χ1v) is 3.18. The number of aliphatic imine (C=N–C) groups is 1. The van der Waals surface area contributed by atoms with E-state index in [4.69, 9.17) is 0 Å². The van der Waals surface area contributed by atoms with Crippen molar-refractivity contribution in [1.29, 1.82) is 0 Å². The Morgan fingerprint density at radius 3 is 2.67 bits per heavy atom.